The van der Waals surface area contributed by atoms with Gasteiger partial charge in [-0.15, -0.1) is 0 Å². The van der Waals surface area contributed by atoms with Gasteiger partial charge in [0.25, 0.3) is 0 Å². The lowest BCUT2D eigenvalue weighted by molar-refractivity contribution is -0.103. The van der Waals surface area contributed by atoms with Gasteiger partial charge in [-0.3, -0.25) is 4.90 Å². The van der Waals surface area contributed by atoms with Crippen molar-refractivity contribution in [1.29, 1.82) is 0 Å². The summed E-state index contributed by atoms with van der Waals surface area (Å²) in [5, 5.41) is 0. The molecule has 96 valence electrons. The molecule has 3 unspecified atom stereocenters. The van der Waals surface area contributed by atoms with Crippen LogP contribution in [0.3, 0.4) is 0 Å². The lowest BCUT2D eigenvalue weighted by Crippen LogP contribution is -2.60. The van der Waals surface area contributed by atoms with Crippen molar-refractivity contribution < 1.29 is 4.74 Å². The molecule has 3 heteroatoms. The van der Waals surface area contributed by atoms with E-state index >= 15 is 0 Å². The Hall–Kier alpha value is -0.120. The van der Waals surface area contributed by atoms with Crippen molar-refractivity contribution in [1.82, 2.24) is 4.90 Å². The molecular weight excluding hydrogens is 200 g/mol. The predicted octanol–water partition coefficient (Wildman–Crippen LogP) is 2.00. The highest BCUT2D eigenvalue weighted by Crippen LogP contribution is 2.28. The van der Waals surface area contributed by atoms with Gasteiger partial charge in [0.2, 0.25) is 0 Å². The Morgan fingerprint density at radius 2 is 1.81 bits per heavy atom. The van der Waals surface area contributed by atoms with Crippen LogP contribution in [-0.4, -0.2) is 42.3 Å². The molecule has 0 aliphatic carbocycles. The molecular formula is C13H28N2O. The zero-order chi connectivity index (χ0) is 12.2. The fourth-order valence-electron chi connectivity index (χ4n) is 2.96. The number of hydrogen-bond acceptors (Lipinski definition) is 3. The van der Waals surface area contributed by atoms with Crippen LogP contribution < -0.4 is 5.73 Å². The second kappa shape index (κ2) is 5.99. The minimum atomic E-state index is 0.195. The first-order valence-corrected chi connectivity index (χ1v) is 6.68. The second-order valence-electron chi connectivity index (χ2n) is 5.19. The number of rotatable bonds is 5. The van der Waals surface area contributed by atoms with Crippen molar-refractivity contribution in [2.24, 2.45) is 5.73 Å². The Morgan fingerprint density at radius 3 is 2.19 bits per heavy atom. The van der Waals surface area contributed by atoms with E-state index in [4.69, 9.17) is 10.5 Å². The van der Waals surface area contributed by atoms with Gasteiger partial charge in [0.05, 0.1) is 12.2 Å². The zero-order valence-corrected chi connectivity index (χ0v) is 11.3. The minimum Gasteiger partial charge on any atom is -0.373 e. The number of nitrogens with zero attached hydrogens (tertiary/aromatic N) is 1. The van der Waals surface area contributed by atoms with Crippen LogP contribution in [0.2, 0.25) is 0 Å². The average Bonchev–Trinajstić information content (AvgIpc) is 2.24. The highest BCUT2D eigenvalue weighted by atomic mass is 16.5. The second-order valence-corrected chi connectivity index (χ2v) is 5.19. The summed E-state index contributed by atoms with van der Waals surface area (Å²) in [6, 6.07) is 0. The van der Waals surface area contributed by atoms with Crippen molar-refractivity contribution in [3.05, 3.63) is 0 Å². The highest BCUT2D eigenvalue weighted by Gasteiger charge is 2.37. The summed E-state index contributed by atoms with van der Waals surface area (Å²) in [5.41, 5.74) is 6.24. The molecule has 2 N–H and O–H groups in total. The monoisotopic (exact) mass is 228 g/mol. The van der Waals surface area contributed by atoms with E-state index in [0.717, 1.165) is 26.1 Å². The summed E-state index contributed by atoms with van der Waals surface area (Å²) in [7, 11) is 0. The van der Waals surface area contributed by atoms with Crippen LogP contribution >= 0.6 is 0 Å². The lowest BCUT2D eigenvalue weighted by atomic mass is 9.87. The number of morpholine rings is 1. The Morgan fingerprint density at radius 1 is 1.25 bits per heavy atom. The molecule has 1 aliphatic rings. The van der Waals surface area contributed by atoms with Crippen molar-refractivity contribution in [3.8, 4) is 0 Å². The molecule has 3 nitrogen and oxygen atoms in total. The average molecular weight is 228 g/mol. The Balaban J connectivity index is 2.76. The maximum absolute atomic E-state index is 6.04. The summed E-state index contributed by atoms with van der Waals surface area (Å²) in [5.74, 6) is 0. The Labute approximate surface area is 100 Å². The third kappa shape index (κ3) is 2.96. The molecule has 1 aliphatic heterocycles. The Kier molecular flexibility index (Phi) is 5.22. The van der Waals surface area contributed by atoms with Crippen LogP contribution in [0.15, 0.2) is 0 Å². The van der Waals surface area contributed by atoms with Gasteiger partial charge in [-0.1, -0.05) is 20.3 Å². The maximum Gasteiger partial charge on any atom is 0.0678 e. The maximum atomic E-state index is 6.04. The molecule has 0 radical (unpaired) electrons. The van der Waals surface area contributed by atoms with Gasteiger partial charge < -0.3 is 10.5 Å². The van der Waals surface area contributed by atoms with Crippen LogP contribution in [0.1, 0.15) is 47.0 Å². The van der Waals surface area contributed by atoms with Crippen LogP contribution in [0.4, 0.5) is 0 Å². The fraction of sp³-hybridized carbons (Fsp3) is 1.00. The normalized spacial score (nSPS) is 31.3. The van der Waals surface area contributed by atoms with Crippen molar-refractivity contribution in [3.63, 3.8) is 0 Å². The van der Waals surface area contributed by atoms with Gasteiger partial charge in [-0.25, -0.2) is 0 Å². The number of ether oxygens (including phenoxy) is 1. The first-order valence-electron chi connectivity index (χ1n) is 6.68. The van der Waals surface area contributed by atoms with Gasteiger partial charge in [0.1, 0.15) is 0 Å². The minimum absolute atomic E-state index is 0.195. The number of hydrogen-bond donors (Lipinski definition) is 1. The molecule has 0 amide bonds. The Bertz CT molecular complexity index is 194. The van der Waals surface area contributed by atoms with Gasteiger partial charge in [0.15, 0.2) is 0 Å². The molecule has 3 atom stereocenters. The molecule has 0 spiro atoms. The van der Waals surface area contributed by atoms with Crippen molar-refractivity contribution >= 4 is 0 Å². The molecule has 1 saturated heterocycles. The van der Waals surface area contributed by atoms with Gasteiger partial charge in [0, 0.05) is 25.2 Å². The van der Waals surface area contributed by atoms with Crippen LogP contribution in [-0.2, 0) is 4.74 Å². The van der Waals surface area contributed by atoms with Crippen LogP contribution in [0.5, 0.6) is 0 Å². The quantitative estimate of drug-likeness (QED) is 0.782. The summed E-state index contributed by atoms with van der Waals surface area (Å²) in [4.78, 5) is 2.56. The predicted molar refractivity (Wildman–Crippen MR) is 68.6 cm³/mol. The van der Waals surface area contributed by atoms with Crippen LogP contribution in [0.25, 0.3) is 0 Å². The summed E-state index contributed by atoms with van der Waals surface area (Å²) >= 11 is 0. The van der Waals surface area contributed by atoms with E-state index < -0.39 is 0 Å². The van der Waals surface area contributed by atoms with Gasteiger partial charge >= 0.3 is 0 Å². The molecule has 1 rings (SSSR count). The molecule has 16 heavy (non-hydrogen) atoms. The molecule has 0 saturated carbocycles. The zero-order valence-electron chi connectivity index (χ0n) is 11.3. The summed E-state index contributed by atoms with van der Waals surface area (Å²) in [6.45, 7) is 11.6. The van der Waals surface area contributed by atoms with E-state index in [-0.39, 0.29) is 5.54 Å². The van der Waals surface area contributed by atoms with E-state index in [2.05, 4.69) is 32.6 Å². The molecule has 0 aromatic heterocycles. The highest BCUT2D eigenvalue weighted by molar-refractivity contribution is 4.93. The van der Waals surface area contributed by atoms with Gasteiger partial charge in [-0.05, 0) is 26.7 Å². The number of nitrogens with two attached hydrogens (primary N) is 1. The first-order chi connectivity index (χ1) is 7.57. The molecule has 0 aromatic rings. The van der Waals surface area contributed by atoms with E-state index in [1.54, 1.807) is 0 Å². The van der Waals surface area contributed by atoms with E-state index in [1.165, 1.54) is 12.8 Å². The largest absolute Gasteiger partial charge is 0.373 e. The topological polar surface area (TPSA) is 38.5 Å². The van der Waals surface area contributed by atoms with E-state index in [0.29, 0.717) is 12.2 Å². The molecule has 0 bridgehead atoms. The fourth-order valence-corrected chi connectivity index (χ4v) is 2.96. The van der Waals surface area contributed by atoms with Crippen LogP contribution in [0, 0.1) is 0 Å². The van der Waals surface area contributed by atoms with Gasteiger partial charge in [-0.2, -0.15) is 0 Å². The third-order valence-electron chi connectivity index (χ3n) is 3.84. The molecule has 0 aromatic carbocycles. The third-order valence-corrected chi connectivity index (χ3v) is 3.84. The molecule has 1 heterocycles. The van der Waals surface area contributed by atoms with Crippen molar-refractivity contribution in [2.45, 2.75) is 64.7 Å². The summed E-state index contributed by atoms with van der Waals surface area (Å²) < 4.78 is 5.80. The summed E-state index contributed by atoms with van der Waals surface area (Å²) in [6.07, 6.45) is 4.19. The lowest BCUT2D eigenvalue weighted by Gasteiger charge is -2.48. The first kappa shape index (κ1) is 13.9. The smallest absolute Gasteiger partial charge is 0.0678 e. The van der Waals surface area contributed by atoms with Crippen molar-refractivity contribution in [2.75, 3.05) is 19.6 Å². The van der Waals surface area contributed by atoms with E-state index in [9.17, 15) is 0 Å². The standard InChI is InChI=1S/C13H28N2O/c1-5-7-13(6-2,10-14)15-8-11(3)16-12(4)9-15/h11-12H,5-10,14H2,1-4H3. The SMILES string of the molecule is CCCC(CC)(CN)N1CC(C)OC(C)C1. The molecule has 1 fully saturated rings. The van der Waals surface area contributed by atoms with E-state index in [1.807, 2.05) is 0 Å².